The molecule has 1 aromatic carbocycles. The molecule has 0 atom stereocenters. The van der Waals surface area contributed by atoms with Crippen LogP contribution in [0.4, 0.5) is 0 Å². The van der Waals surface area contributed by atoms with E-state index < -0.39 is 0 Å². The first kappa shape index (κ1) is 9.49. The maximum absolute atomic E-state index is 4.03. The third kappa shape index (κ3) is 1.76. The Bertz CT molecular complexity index is 389. The Kier molecular flexibility index (Phi) is 3.06. The lowest BCUT2D eigenvalue weighted by Crippen LogP contribution is -1.73. The van der Waals surface area contributed by atoms with Crippen LogP contribution in [0.5, 0.6) is 0 Å². The highest BCUT2D eigenvalue weighted by atomic mass is 79.9. The molecule has 1 heterocycles. The molecule has 0 fully saturated rings. The Labute approximate surface area is 85.4 Å². The van der Waals surface area contributed by atoms with E-state index in [9.17, 15) is 0 Å². The van der Waals surface area contributed by atoms with E-state index in [0.717, 1.165) is 4.47 Å². The minimum absolute atomic E-state index is 0. The van der Waals surface area contributed by atoms with Gasteiger partial charge in [0, 0.05) is 22.3 Å². The molecule has 1 aromatic heterocycles. The molecule has 1 nitrogen and oxygen atoms in total. The summed E-state index contributed by atoms with van der Waals surface area (Å²) < 4.78 is 1.11. The van der Waals surface area contributed by atoms with Crippen molar-refractivity contribution in [2.75, 3.05) is 0 Å². The molecular weight excluding hydrogens is 237 g/mol. The van der Waals surface area contributed by atoms with Crippen molar-refractivity contribution in [2.45, 2.75) is 0 Å². The molecule has 62 valence electrons. The monoisotopic (exact) mass is 243 g/mol. The van der Waals surface area contributed by atoms with Crippen LogP contribution in [0, 0.1) is 0 Å². The topological polar surface area (TPSA) is 12.9 Å². The van der Waals surface area contributed by atoms with E-state index >= 15 is 0 Å². The average Bonchev–Trinajstić information content (AvgIpc) is 2.04. The smallest absolute Gasteiger partial charge is 0.0346 e. The zero-order valence-corrected chi connectivity index (χ0v) is 8.60. The largest absolute Gasteiger partial charge is 0.264 e. The molecule has 0 amide bonds. The first-order chi connectivity index (χ1) is 5.36. The standard InChI is InChI=1S/C9H6BrN.ClH/c10-9-2-1-8-6-11-4-3-7(8)5-9;/h1-6H;1H. The quantitative estimate of drug-likeness (QED) is 0.692. The summed E-state index contributed by atoms with van der Waals surface area (Å²) in [5.41, 5.74) is 0. The number of rotatable bonds is 0. The summed E-state index contributed by atoms with van der Waals surface area (Å²) in [6.07, 6.45) is 3.66. The molecule has 0 saturated heterocycles. The third-order valence-electron chi connectivity index (χ3n) is 1.60. The Morgan fingerprint density at radius 3 is 2.75 bits per heavy atom. The first-order valence-electron chi connectivity index (χ1n) is 3.35. The van der Waals surface area contributed by atoms with E-state index in [0.29, 0.717) is 0 Å². The lowest BCUT2D eigenvalue weighted by atomic mass is 10.2. The average molecular weight is 245 g/mol. The number of pyridine rings is 1. The maximum atomic E-state index is 4.03. The van der Waals surface area contributed by atoms with Gasteiger partial charge in [0.15, 0.2) is 0 Å². The van der Waals surface area contributed by atoms with Crippen LogP contribution in [0.1, 0.15) is 0 Å². The van der Waals surface area contributed by atoms with Gasteiger partial charge in [-0.25, -0.2) is 0 Å². The molecular formula is C9H7BrClN. The molecule has 0 unspecified atom stereocenters. The van der Waals surface area contributed by atoms with Crippen LogP contribution in [0.15, 0.2) is 41.1 Å². The summed E-state index contributed by atoms with van der Waals surface area (Å²) in [5, 5.41) is 2.39. The summed E-state index contributed by atoms with van der Waals surface area (Å²) in [6, 6.07) is 8.15. The molecule has 0 bridgehead atoms. The molecule has 2 aromatic rings. The Morgan fingerprint density at radius 2 is 1.92 bits per heavy atom. The molecule has 2 rings (SSSR count). The zero-order chi connectivity index (χ0) is 7.68. The van der Waals surface area contributed by atoms with Crippen LogP contribution >= 0.6 is 28.3 Å². The van der Waals surface area contributed by atoms with Gasteiger partial charge in [-0.2, -0.15) is 0 Å². The van der Waals surface area contributed by atoms with Crippen molar-refractivity contribution in [3.8, 4) is 0 Å². The predicted octanol–water partition coefficient (Wildman–Crippen LogP) is 3.42. The first-order valence-corrected chi connectivity index (χ1v) is 4.15. The summed E-state index contributed by atoms with van der Waals surface area (Å²) in [7, 11) is 0. The van der Waals surface area contributed by atoms with Crippen molar-refractivity contribution in [1.82, 2.24) is 4.98 Å². The van der Waals surface area contributed by atoms with Crippen molar-refractivity contribution in [2.24, 2.45) is 0 Å². The highest BCUT2D eigenvalue weighted by Gasteiger charge is 1.91. The normalized spacial score (nSPS) is 9.42. The minimum atomic E-state index is 0. The molecule has 0 N–H and O–H groups in total. The van der Waals surface area contributed by atoms with Crippen molar-refractivity contribution < 1.29 is 0 Å². The fourth-order valence-corrected chi connectivity index (χ4v) is 1.43. The molecule has 0 saturated carbocycles. The lowest BCUT2D eigenvalue weighted by molar-refractivity contribution is 1.36. The Balaban J connectivity index is 0.000000720. The van der Waals surface area contributed by atoms with Crippen LogP contribution in [-0.4, -0.2) is 4.98 Å². The van der Waals surface area contributed by atoms with Crippen molar-refractivity contribution in [1.29, 1.82) is 0 Å². The number of hydrogen-bond acceptors (Lipinski definition) is 1. The van der Waals surface area contributed by atoms with E-state index in [1.165, 1.54) is 10.8 Å². The van der Waals surface area contributed by atoms with Gasteiger partial charge in [-0.1, -0.05) is 22.0 Å². The summed E-state index contributed by atoms with van der Waals surface area (Å²) in [4.78, 5) is 4.03. The molecule has 0 radical (unpaired) electrons. The van der Waals surface area contributed by atoms with Gasteiger partial charge in [0.25, 0.3) is 0 Å². The predicted molar refractivity (Wildman–Crippen MR) is 56.7 cm³/mol. The van der Waals surface area contributed by atoms with Crippen LogP contribution in [0.3, 0.4) is 0 Å². The van der Waals surface area contributed by atoms with Gasteiger partial charge < -0.3 is 0 Å². The van der Waals surface area contributed by atoms with E-state index in [1.807, 2.05) is 24.4 Å². The van der Waals surface area contributed by atoms with Gasteiger partial charge in [0.1, 0.15) is 0 Å². The maximum Gasteiger partial charge on any atom is 0.0346 e. The molecule has 0 aliphatic heterocycles. The second-order valence-corrected chi connectivity index (χ2v) is 3.28. The van der Waals surface area contributed by atoms with Crippen LogP contribution in [-0.2, 0) is 0 Å². The molecule has 3 heteroatoms. The van der Waals surface area contributed by atoms with Crippen LogP contribution in [0.25, 0.3) is 10.8 Å². The molecule has 0 aliphatic carbocycles. The fourth-order valence-electron chi connectivity index (χ4n) is 1.05. The van der Waals surface area contributed by atoms with E-state index in [2.05, 4.69) is 27.0 Å². The number of benzene rings is 1. The third-order valence-corrected chi connectivity index (χ3v) is 2.10. The van der Waals surface area contributed by atoms with Gasteiger partial charge in [0.05, 0.1) is 0 Å². The summed E-state index contributed by atoms with van der Waals surface area (Å²) in [5.74, 6) is 0. The minimum Gasteiger partial charge on any atom is -0.264 e. The highest BCUT2D eigenvalue weighted by molar-refractivity contribution is 9.10. The molecule has 0 aliphatic rings. The van der Waals surface area contributed by atoms with Crippen molar-refractivity contribution in [3.63, 3.8) is 0 Å². The van der Waals surface area contributed by atoms with Gasteiger partial charge in [-0.3, -0.25) is 4.98 Å². The second kappa shape index (κ2) is 3.87. The number of hydrogen-bond donors (Lipinski definition) is 0. The SMILES string of the molecule is Brc1ccc2cnccc2c1.Cl. The van der Waals surface area contributed by atoms with Crippen molar-refractivity contribution >= 4 is 39.1 Å². The highest BCUT2D eigenvalue weighted by Crippen LogP contribution is 2.17. The number of aromatic nitrogens is 1. The fraction of sp³-hybridized carbons (Fsp3) is 0. The number of halogens is 2. The lowest BCUT2D eigenvalue weighted by Gasteiger charge is -1.95. The zero-order valence-electron chi connectivity index (χ0n) is 6.20. The van der Waals surface area contributed by atoms with Crippen LogP contribution < -0.4 is 0 Å². The Morgan fingerprint density at radius 1 is 1.08 bits per heavy atom. The van der Waals surface area contributed by atoms with E-state index in [1.54, 1.807) is 6.20 Å². The van der Waals surface area contributed by atoms with Gasteiger partial charge in [-0.15, -0.1) is 12.4 Å². The number of fused-ring (bicyclic) bond motifs is 1. The molecule has 0 spiro atoms. The van der Waals surface area contributed by atoms with Gasteiger partial charge in [-0.05, 0) is 23.6 Å². The van der Waals surface area contributed by atoms with E-state index in [-0.39, 0.29) is 12.4 Å². The van der Waals surface area contributed by atoms with E-state index in [4.69, 9.17) is 0 Å². The van der Waals surface area contributed by atoms with Gasteiger partial charge >= 0.3 is 0 Å². The molecule has 12 heavy (non-hydrogen) atoms. The van der Waals surface area contributed by atoms with Gasteiger partial charge in [0.2, 0.25) is 0 Å². The van der Waals surface area contributed by atoms with Crippen LogP contribution in [0.2, 0.25) is 0 Å². The second-order valence-electron chi connectivity index (χ2n) is 2.37. The number of nitrogens with zero attached hydrogens (tertiary/aromatic N) is 1. The summed E-state index contributed by atoms with van der Waals surface area (Å²) in [6.45, 7) is 0. The summed E-state index contributed by atoms with van der Waals surface area (Å²) >= 11 is 3.41. The Hall–Kier alpha value is -0.600. The van der Waals surface area contributed by atoms with Crippen molar-refractivity contribution in [3.05, 3.63) is 41.1 Å².